The van der Waals surface area contributed by atoms with Crippen LogP contribution in [-0.2, 0) is 10.3 Å². The van der Waals surface area contributed by atoms with Crippen LogP contribution in [0.15, 0.2) is 78.4 Å². The second kappa shape index (κ2) is 4.71. The van der Waals surface area contributed by atoms with E-state index >= 15 is 0 Å². The molecule has 2 aliphatic carbocycles. The van der Waals surface area contributed by atoms with Gasteiger partial charge in [0.15, 0.2) is 0 Å². The Hall–Kier alpha value is -2.12. The molecule has 3 atom stereocenters. The van der Waals surface area contributed by atoms with Crippen molar-refractivity contribution in [3.63, 3.8) is 0 Å². The number of methoxy groups -OCH3 is 1. The molecule has 1 nitrogen and oxygen atoms in total. The van der Waals surface area contributed by atoms with Crippen molar-refractivity contribution in [2.75, 3.05) is 7.11 Å². The highest BCUT2D eigenvalue weighted by molar-refractivity contribution is 5.63. The van der Waals surface area contributed by atoms with E-state index in [1.807, 2.05) is 7.11 Å². The van der Waals surface area contributed by atoms with Crippen molar-refractivity contribution in [3.8, 4) is 0 Å². The normalized spacial score (nSPS) is 31.4. The molecule has 0 aromatic heterocycles. The quantitative estimate of drug-likeness (QED) is 0.804. The third-order valence-corrected chi connectivity index (χ3v) is 4.76. The summed E-state index contributed by atoms with van der Waals surface area (Å²) in [4.78, 5) is 0. The predicted molar refractivity (Wildman–Crippen MR) is 85.7 cm³/mol. The first-order valence-electron chi connectivity index (χ1n) is 7.42. The molecule has 1 heteroatoms. The van der Waals surface area contributed by atoms with E-state index in [9.17, 15) is 0 Å². The van der Waals surface area contributed by atoms with E-state index in [2.05, 4.69) is 78.9 Å². The Morgan fingerprint density at radius 3 is 2.29 bits per heavy atom. The maximum Gasteiger partial charge on any atom is 0.107 e. The lowest BCUT2D eigenvalue weighted by Gasteiger charge is -2.19. The number of allylic oxidation sites excluding steroid dienone is 1. The minimum atomic E-state index is -0.156. The Morgan fingerprint density at radius 1 is 0.952 bits per heavy atom. The fourth-order valence-corrected chi connectivity index (χ4v) is 3.75. The van der Waals surface area contributed by atoms with Crippen LogP contribution in [0.4, 0.5) is 0 Å². The number of fused-ring (bicyclic) bond motifs is 1. The maximum absolute atomic E-state index is 5.98. The summed E-state index contributed by atoms with van der Waals surface area (Å²) < 4.78 is 5.98. The van der Waals surface area contributed by atoms with E-state index in [1.54, 1.807) is 0 Å². The molecule has 4 rings (SSSR count). The fraction of sp³-hybridized carbons (Fsp3) is 0.200. The number of rotatable bonds is 3. The zero-order valence-electron chi connectivity index (χ0n) is 12.1. The van der Waals surface area contributed by atoms with Crippen molar-refractivity contribution < 1.29 is 4.74 Å². The molecule has 0 heterocycles. The molecule has 0 saturated heterocycles. The number of ether oxygens (including phenoxy) is 1. The van der Waals surface area contributed by atoms with Gasteiger partial charge in [-0.25, -0.2) is 0 Å². The fourth-order valence-electron chi connectivity index (χ4n) is 3.75. The second-order valence-corrected chi connectivity index (χ2v) is 5.78. The molecule has 0 amide bonds. The zero-order valence-corrected chi connectivity index (χ0v) is 12.1. The van der Waals surface area contributed by atoms with Crippen molar-refractivity contribution in [1.29, 1.82) is 0 Å². The predicted octanol–water partition coefficient (Wildman–Crippen LogP) is 4.43. The number of hydrogen-bond donors (Lipinski definition) is 0. The summed E-state index contributed by atoms with van der Waals surface area (Å²) in [5, 5.41) is 0. The lowest BCUT2D eigenvalue weighted by molar-refractivity contribution is 0.0597. The van der Waals surface area contributed by atoms with Crippen LogP contribution in [0.5, 0.6) is 0 Å². The van der Waals surface area contributed by atoms with Crippen LogP contribution < -0.4 is 0 Å². The first kappa shape index (κ1) is 12.6. The molecular weight excluding hydrogens is 256 g/mol. The van der Waals surface area contributed by atoms with E-state index in [4.69, 9.17) is 4.74 Å². The molecule has 2 aromatic rings. The molecule has 0 radical (unpaired) electrons. The third-order valence-electron chi connectivity index (χ3n) is 4.76. The summed E-state index contributed by atoms with van der Waals surface area (Å²) in [6.45, 7) is 0. The molecular formula is C20H18O. The van der Waals surface area contributed by atoms with Gasteiger partial charge in [0, 0.05) is 18.9 Å². The largest absolute Gasteiger partial charge is 0.372 e. The summed E-state index contributed by atoms with van der Waals surface area (Å²) in [5.41, 5.74) is 3.75. The lowest BCUT2D eigenvalue weighted by atomic mass is 9.98. The van der Waals surface area contributed by atoms with Gasteiger partial charge in [-0.3, -0.25) is 0 Å². The van der Waals surface area contributed by atoms with Crippen molar-refractivity contribution >= 4 is 6.08 Å². The van der Waals surface area contributed by atoms with Gasteiger partial charge in [-0.1, -0.05) is 78.9 Å². The van der Waals surface area contributed by atoms with Crippen molar-refractivity contribution in [2.24, 2.45) is 11.8 Å². The van der Waals surface area contributed by atoms with E-state index in [1.165, 1.54) is 16.7 Å². The molecule has 21 heavy (non-hydrogen) atoms. The van der Waals surface area contributed by atoms with Crippen LogP contribution in [0.3, 0.4) is 0 Å². The van der Waals surface area contributed by atoms with Crippen LogP contribution in [0.1, 0.15) is 11.1 Å². The molecule has 2 aromatic carbocycles. The molecule has 104 valence electrons. The molecule has 0 spiro atoms. The highest BCUT2D eigenvalue weighted by Gasteiger charge is 2.68. The van der Waals surface area contributed by atoms with Gasteiger partial charge >= 0.3 is 0 Å². The highest BCUT2D eigenvalue weighted by Crippen LogP contribution is 2.67. The average Bonchev–Trinajstić information content (AvgIpc) is 3.04. The topological polar surface area (TPSA) is 9.23 Å². The van der Waals surface area contributed by atoms with Crippen LogP contribution in [0.2, 0.25) is 0 Å². The summed E-state index contributed by atoms with van der Waals surface area (Å²) in [7, 11) is 1.83. The monoisotopic (exact) mass is 274 g/mol. The molecule has 0 N–H and O–H groups in total. The van der Waals surface area contributed by atoms with Gasteiger partial charge < -0.3 is 4.74 Å². The van der Waals surface area contributed by atoms with Gasteiger partial charge in [-0.2, -0.15) is 0 Å². The first-order chi connectivity index (χ1) is 10.4. The van der Waals surface area contributed by atoms with Gasteiger partial charge in [0.1, 0.15) is 5.60 Å². The number of hydrogen-bond acceptors (Lipinski definition) is 1. The van der Waals surface area contributed by atoms with E-state index in [0.717, 1.165) is 0 Å². The lowest BCUT2D eigenvalue weighted by Crippen LogP contribution is -2.16. The van der Waals surface area contributed by atoms with Crippen molar-refractivity contribution in [2.45, 2.75) is 5.60 Å². The minimum absolute atomic E-state index is 0.156. The Kier molecular flexibility index (Phi) is 2.83. The first-order valence-corrected chi connectivity index (χ1v) is 7.42. The molecule has 1 fully saturated rings. The van der Waals surface area contributed by atoms with Crippen LogP contribution in [-0.4, -0.2) is 7.11 Å². The second-order valence-electron chi connectivity index (χ2n) is 5.78. The summed E-state index contributed by atoms with van der Waals surface area (Å²) in [6, 6.07) is 21.1. The number of benzene rings is 2. The molecule has 2 aliphatic rings. The minimum Gasteiger partial charge on any atom is -0.372 e. The Labute approximate surface area is 125 Å². The molecule has 0 unspecified atom stereocenters. The van der Waals surface area contributed by atoms with Gasteiger partial charge in [0.2, 0.25) is 0 Å². The molecule has 0 bridgehead atoms. The SMILES string of the molecule is CO[C@]1(c2ccccc2)[C@@H]2/C(=C/c3ccccc3)C=C[C@@H]21. The van der Waals surface area contributed by atoms with Gasteiger partial charge in [-0.15, -0.1) is 0 Å². The highest BCUT2D eigenvalue weighted by atomic mass is 16.5. The summed E-state index contributed by atoms with van der Waals surface area (Å²) in [6.07, 6.45) is 6.84. The summed E-state index contributed by atoms with van der Waals surface area (Å²) >= 11 is 0. The van der Waals surface area contributed by atoms with Crippen LogP contribution in [0, 0.1) is 11.8 Å². The van der Waals surface area contributed by atoms with Crippen molar-refractivity contribution in [3.05, 3.63) is 89.5 Å². The Balaban J connectivity index is 1.71. The van der Waals surface area contributed by atoms with E-state index < -0.39 is 0 Å². The Morgan fingerprint density at radius 2 is 1.62 bits per heavy atom. The van der Waals surface area contributed by atoms with E-state index in [0.29, 0.717) is 11.8 Å². The standard InChI is InChI=1S/C20H18O/c1-21-20(17-10-6-3-7-11-17)18-13-12-16(19(18)20)14-15-8-4-2-5-9-15/h2-14,18-19H,1H3/b16-14+/t18-,19+,20-/m0/s1. The molecule has 1 saturated carbocycles. The third kappa shape index (κ3) is 1.81. The smallest absolute Gasteiger partial charge is 0.107 e. The summed E-state index contributed by atoms with van der Waals surface area (Å²) in [5.74, 6) is 0.921. The van der Waals surface area contributed by atoms with Crippen molar-refractivity contribution in [1.82, 2.24) is 0 Å². The maximum atomic E-state index is 5.98. The van der Waals surface area contributed by atoms with Gasteiger partial charge in [-0.05, 0) is 16.7 Å². The van der Waals surface area contributed by atoms with E-state index in [-0.39, 0.29) is 5.60 Å². The molecule has 0 aliphatic heterocycles. The Bertz CT molecular complexity index is 699. The van der Waals surface area contributed by atoms with Gasteiger partial charge in [0.05, 0.1) is 0 Å². The van der Waals surface area contributed by atoms with Gasteiger partial charge in [0.25, 0.3) is 0 Å². The zero-order chi connectivity index (χ0) is 14.3. The average molecular weight is 274 g/mol. The van der Waals surface area contributed by atoms with Crippen LogP contribution in [0.25, 0.3) is 6.08 Å². The van der Waals surface area contributed by atoms with Crippen LogP contribution >= 0.6 is 0 Å².